The molecule has 16 heavy (non-hydrogen) atoms. The van der Waals surface area contributed by atoms with Gasteiger partial charge in [0.1, 0.15) is 0 Å². The first-order chi connectivity index (χ1) is 7.67. The number of hydrogen-bond donors (Lipinski definition) is 2. The molecule has 0 radical (unpaired) electrons. The summed E-state index contributed by atoms with van der Waals surface area (Å²) in [6.07, 6.45) is 5.22. The van der Waals surface area contributed by atoms with Gasteiger partial charge in [-0.3, -0.25) is 0 Å². The summed E-state index contributed by atoms with van der Waals surface area (Å²) in [6, 6.07) is 5.63. The second-order valence-corrected chi connectivity index (χ2v) is 5.17. The number of nitrogens with one attached hydrogen (secondary N) is 1. The Morgan fingerprint density at radius 2 is 2.19 bits per heavy atom. The molecule has 0 saturated heterocycles. The molecule has 1 saturated carbocycles. The summed E-state index contributed by atoms with van der Waals surface area (Å²) in [5.41, 5.74) is 8.01. The Morgan fingerprint density at radius 1 is 1.44 bits per heavy atom. The van der Waals surface area contributed by atoms with E-state index in [1.165, 1.54) is 25.7 Å². The van der Waals surface area contributed by atoms with E-state index in [4.69, 9.17) is 17.3 Å². The Balaban J connectivity index is 2.04. The van der Waals surface area contributed by atoms with Gasteiger partial charge in [-0.1, -0.05) is 31.0 Å². The Kier molecular flexibility index (Phi) is 3.29. The van der Waals surface area contributed by atoms with Crippen LogP contribution in [0.15, 0.2) is 18.2 Å². The summed E-state index contributed by atoms with van der Waals surface area (Å²) < 4.78 is 0. The third-order valence-corrected chi connectivity index (χ3v) is 4.17. The molecule has 0 unspecified atom stereocenters. The van der Waals surface area contributed by atoms with Crippen molar-refractivity contribution in [2.45, 2.75) is 32.6 Å². The fourth-order valence-electron chi connectivity index (χ4n) is 2.34. The van der Waals surface area contributed by atoms with Gasteiger partial charge >= 0.3 is 0 Å². The van der Waals surface area contributed by atoms with Gasteiger partial charge in [0.15, 0.2) is 0 Å². The van der Waals surface area contributed by atoms with Crippen LogP contribution in [0, 0.1) is 5.41 Å². The molecule has 1 aliphatic rings. The fraction of sp³-hybridized carbons (Fsp3) is 0.538. The lowest BCUT2D eigenvalue weighted by Crippen LogP contribution is -2.36. The van der Waals surface area contributed by atoms with Gasteiger partial charge in [0, 0.05) is 6.54 Å². The van der Waals surface area contributed by atoms with E-state index in [1.807, 2.05) is 18.2 Å². The third-order valence-electron chi connectivity index (χ3n) is 3.85. The Bertz CT molecular complexity index is 346. The van der Waals surface area contributed by atoms with Gasteiger partial charge in [-0.2, -0.15) is 0 Å². The van der Waals surface area contributed by atoms with E-state index in [1.54, 1.807) is 0 Å². The van der Waals surface area contributed by atoms with Crippen LogP contribution in [-0.4, -0.2) is 6.54 Å². The molecular formula is C13H19ClN2. The minimum absolute atomic E-state index is 0.478. The zero-order chi connectivity index (χ0) is 11.6. The van der Waals surface area contributed by atoms with Gasteiger partial charge in [0.2, 0.25) is 0 Å². The molecule has 3 heteroatoms. The topological polar surface area (TPSA) is 38.0 Å². The van der Waals surface area contributed by atoms with Crippen LogP contribution in [0.5, 0.6) is 0 Å². The van der Waals surface area contributed by atoms with Gasteiger partial charge in [-0.05, 0) is 36.8 Å². The van der Waals surface area contributed by atoms with Crippen molar-refractivity contribution >= 4 is 23.0 Å². The van der Waals surface area contributed by atoms with Crippen molar-refractivity contribution in [3.05, 3.63) is 23.2 Å². The van der Waals surface area contributed by atoms with Crippen LogP contribution < -0.4 is 11.1 Å². The molecule has 0 aliphatic heterocycles. The second kappa shape index (κ2) is 4.54. The second-order valence-electron chi connectivity index (χ2n) is 4.76. The molecule has 2 rings (SSSR count). The maximum atomic E-state index is 6.12. The quantitative estimate of drug-likeness (QED) is 0.781. The van der Waals surface area contributed by atoms with Gasteiger partial charge in [-0.15, -0.1) is 0 Å². The van der Waals surface area contributed by atoms with E-state index >= 15 is 0 Å². The maximum Gasteiger partial charge on any atom is 0.0763 e. The van der Waals surface area contributed by atoms with E-state index < -0.39 is 0 Å². The maximum absolute atomic E-state index is 6.12. The molecule has 3 N–H and O–H groups in total. The molecule has 1 fully saturated rings. The number of halogens is 1. The molecule has 0 atom stereocenters. The number of anilines is 2. The fourth-order valence-corrected chi connectivity index (χ4v) is 2.58. The summed E-state index contributed by atoms with van der Waals surface area (Å²) in [5, 5.41) is 4.13. The number of rotatable bonds is 4. The first-order valence-corrected chi connectivity index (χ1v) is 6.32. The van der Waals surface area contributed by atoms with Gasteiger partial charge in [0.05, 0.1) is 16.4 Å². The lowest BCUT2D eigenvalue weighted by atomic mass is 9.67. The Labute approximate surface area is 102 Å². The smallest absolute Gasteiger partial charge is 0.0763 e. The van der Waals surface area contributed by atoms with Gasteiger partial charge in [0.25, 0.3) is 0 Å². The van der Waals surface area contributed by atoms with Crippen molar-refractivity contribution in [3.63, 3.8) is 0 Å². The number of nitrogen functional groups attached to an aromatic ring is 1. The van der Waals surface area contributed by atoms with E-state index in [2.05, 4.69) is 12.2 Å². The highest BCUT2D eigenvalue weighted by Crippen LogP contribution is 2.44. The summed E-state index contributed by atoms with van der Waals surface area (Å²) in [6.45, 7) is 3.24. The zero-order valence-corrected chi connectivity index (χ0v) is 10.5. The summed E-state index contributed by atoms with van der Waals surface area (Å²) in [7, 11) is 0. The van der Waals surface area contributed by atoms with Crippen molar-refractivity contribution < 1.29 is 0 Å². The zero-order valence-electron chi connectivity index (χ0n) is 9.72. The SMILES string of the molecule is CCC1(CNc2c(N)cccc2Cl)CCC1. The highest BCUT2D eigenvalue weighted by atomic mass is 35.5. The van der Waals surface area contributed by atoms with Crippen LogP contribution in [0.25, 0.3) is 0 Å². The number of hydrogen-bond acceptors (Lipinski definition) is 2. The number of para-hydroxylation sites is 1. The normalized spacial score (nSPS) is 17.9. The lowest BCUT2D eigenvalue weighted by Gasteiger charge is -2.41. The summed E-state index contributed by atoms with van der Waals surface area (Å²) in [4.78, 5) is 0. The highest BCUT2D eigenvalue weighted by Gasteiger charge is 2.34. The van der Waals surface area contributed by atoms with Crippen molar-refractivity contribution in [1.82, 2.24) is 0 Å². The van der Waals surface area contributed by atoms with Crippen LogP contribution in [0.3, 0.4) is 0 Å². The molecule has 0 bridgehead atoms. The number of benzene rings is 1. The first kappa shape index (κ1) is 11.6. The molecular weight excluding hydrogens is 220 g/mol. The Hall–Kier alpha value is -0.890. The van der Waals surface area contributed by atoms with Crippen molar-refractivity contribution in [1.29, 1.82) is 0 Å². The monoisotopic (exact) mass is 238 g/mol. The molecule has 88 valence electrons. The average Bonchev–Trinajstić information content (AvgIpc) is 2.20. The average molecular weight is 239 g/mol. The molecule has 0 amide bonds. The summed E-state index contributed by atoms with van der Waals surface area (Å²) in [5.74, 6) is 0. The van der Waals surface area contributed by atoms with E-state index in [0.717, 1.165) is 17.9 Å². The molecule has 1 aromatic carbocycles. The molecule has 0 spiro atoms. The van der Waals surface area contributed by atoms with Gasteiger partial charge < -0.3 is 11.1 Å². The van der Waals surface area contributed by atoms with Crippen molar-refractivity contribution in [2.24, 2.45) is 5.41 Å². The Morgan fingerprint density at radius 3 is 2.69 bits per heavy atom. The minimum Gasteiger partial charge on any atom is -0.397 e. The predicted octanol–water partition coefficient (Wildman–Crippen LogP) is 3.91. The highest BCUT2D eigenvalue weighted by molar-refractivity contribution is 6.33. The van der Waals surface area contributed by atoms with E-state index in [-0.39, 0.29) is 0 Å². The van der Waals surface area contributed by atoms with Crippen LogP contribution in [0.2, 0.25) is 5.02 Å². The molecule has 1 aromatic rings. The van der Waals surface area contributed by atoms with Crippen molar-refractivity contribution in [2.75, 3.05) is 17.6 Å². The minimum atomic E-state index is 0.478. The summed E-state index contributed by atoms with van der Waals surface area (Å²) >= 11 is 6.12. The van der Waals surface area contributed by atoms with E-state index in [0.29, 0.717) is 10.4 Å². The molecule has 0 heterocycles. The third kappa shape index (κ3) is 2.12. The van der Waals surface area contributed by atoms with E-state index in [9.17, 15) is 0 Å². The molecule has 1 aliphatic carbocycles. The number of nitrogens with two attached hydrogens (primary N) is 1. The lowest BCUT2D eigenvalue weighted by molar-refractivity contribution is 0.145. The van der Waals surface area contributed by atoms with Crippen molar-refractivity contribution in [3.8, 4) is 0 Å². The largest absolute Gasteiger partial charge is 0.397 e. The van der Waals surface area contributed by atoms with Crippen LogP contribution in [0.4, 0.5) is 11.4 Å². The predicted molar refractivity (Wildman–Crippen MR) is 70.9 cm³/mol. The van der Waals surface area contributed by atoms with Gasteiger partial charge in [-0.25, -0.2) is 0 Å². The van der Waals surface area contributed by atoms with Crippen LogP contribution in [0.1, 0.15) is 32.6 Å². The molecule has 0 aromatic heterocycles. The first-order valence-electron chi connectivity index (χ1n) is 5.95. The molecule has 2 nitrogen and oxygen atoms in total. The van der Waals surface area contributed by atoms with Crippen LogP contribution >= 0.6 is 11.6 Å². The van der Waals surface area contributed by atoms with Crippen LogP contribution in [-0.2, 0) is 0 Å². The standard InChI is InChI=1S/C13H19ClN2/c1-2-13(7-4-8-13)9-16-12-10(14)5-3-6-11(12)15/h3,5-6,16H,2,4,7-9,15H2,1H3.